The summed E-state index contributed by atoms with van der Waals surface area (Å²) in [5.41, 5.74) is 1.07. The molecule has 1 rings (SSSR count). The molecule has 1 aromatic carbocycles. The maximum atomic E-state index is 11.5. The smallest absolute Gasteiger partial charge is 0.306 e. The molecule has 1 N–H and O–H groups in total. The fraction of sp³-hybridized carbons (Fsp3) is 0.429. The summed E-state index contributed by atoms with van der Waals surface area (Å²) in [5, 5.41) is 3.44. The molecule has 0 aromatic heterocycles. The van der Waals surface area contributed by atoms with Gasteiger partial charge in [-0.25, -0.2) is 0 Å². The second-order valence-corrected chi connectivity index (χ2v) is 4.47. The van der Waals surface area contributed by atoms with Gasteiger partial charge in [0.15, 0.2) is 0 Å². The predicted molar refractivity (Wildman–Crippen MR) is 74.0 cm³/mol. The topological polar surface area (TPSA) is 55.4 Å². The van der Waals surface area contributed by atoms with Gasteiger partial charge in [-0.15, -0.1) is 0 Å². The van der Waals surface area contributed by atoms with Crippen molar-refractivity contribution in [3.63, 3.8) is 0 Å². The number of esters is 1. The van der Waals surface area contributed by atoms with Crippen LogP contribution < -0.4 is 5.32 Å². The van der Waals surface area contributed by atoms with Crippen molar-refractivity contribution in [2.45, 2.75) is 26.2 Å². The van der Waals surface area contributed by atoms with Crippen LogP contribution in [0.3, 0.4) is 0 Å². The summed E-state index contributed by atoms with van der Waals surface area (Å²) in [6.07, 6.45) is 0.997. The molecule has 0 saturated carbocycles. The Bertz CT molecular complexity index is 434. The Hall–Kier alpha value is -1.55. The van der Waals surface area contributed by atoms with E-state index < -0.39 is 0 Å². The van der Waals surface area contributed by atoms with Gasteiger partial charge in [0, 0.05) is 18.0 Å². The summed E-state index contributed by atoms with van der Waals surface area (Å²) < 4.78 is 4.75. The predicted octanol–water partition coefficient (Wildman–Crippen LogP) is 2.34. The number of nitrogens with one attached hydrogen (secondary N) is 1. The third-order valence-corrected chi connectivity index (χ3v) is 2.72. The second-order valence-electron chi connectivity index (χ2n) is 4.03. The highest BCUT2D eigenvalue weighted by molar-refractivity contribution is 6.30. The van der Waals surface area contributed by atoms with Gasteiger partial charge in [0.1, 0.15) is 0 Å². The molecule has 19 heavy (non-hydrogen) atoms. The second kappa shape index (κ2) is 8.53. The number of carbonyl (C=O) groups excluding carboxylic acids is 2. The Kier molecular flexibility index (Phi) is 6.97. The standard InChI is InChI=1S/C14H18ClNO3/c1-2-19-14(18)7-6-13(17)16-9-8-11-4-3-5-12(15)10-11/h3-5,10H,2,6-9H2,1H3,(H,16,17). The summed E-state index contributed by atoms with van der Waals surface area (Å²) in [6, 6.07) is 7.51. The van der Waals surface area contributed by atoms with Crippen LogP contribution in [-0.2, 0) is 20.7 Å². The van der Waals surface area contributed by atoms with Crippen molar-refractivity contribution in [2.75, 3.05) is 13.2 Å². The molecular formula is C14H18ClNO3. The highest BCUT2D eigenvalue weighted by Crippen LogP contribution is 2.10. The van der Waals surface area contributed by atoms with Crippen LogP contribution in [0.15, 0.2) is 24.3 Å². The molecule has 0 atom stereocenters. The van der Waals surface area contributed by atoms with Gasteiger partial charge in [-0.1, -0.05) is 23.7 Å². The Morgan fingerprint density at radius 3 is 2.79 bits per heavy atom. The minimum absolute atomic E-state index is 0.122. The van der Waals surface area contributed by atoms with E-state index in [0.717, 1.165) is 5.56 Å². The van der Waals surface area contributed by atoms with Crippen LogP contribution in [0, 0.1) is 0 Å². The van der Waals surface area contributed by atoms with Crippen LogP contribution >= 0.6 is 11.6 Å². The zero-order chi connectivity index (χ0) is 14.1. The minimum atomic E-state index is -0.340. The summed E-state index contributed by atoms with van der Waals surface area (Å²) in [4.78, 5) is 22.5. The Labute approximate surface area is 118 Å². The van der Waals surface area contributed by atoms with E-state index in [1.54, 1.807) is 6.92 Å². The first kappa shape index (κ1) is 15.5. The molecule has 0 heterocycles. The average Bonchev–Trinajstić information content (AvgIpc) is 2.37. The molecule has 0 unspecified atom stereocenters. The fourth-order valence-electron chi connectivity index (χ4n) is 1.58. The number of benzene rings is 1. The number of amides is 1. The van der Waals surface area contributed by atoms with Gasteiger partial charge >= 0.3 is 5.97 Å². The highest BCUT2D eigenvalue weighted by atomic mass is 35.5. The van der Waals surface area contributed by atoms with Gasteiger partial charge in [0.25, 0.3) is 0 Å². The lowest BCUT2D eigenvalue weighted by Gasteiger charge is -2.05. The SMILES string of the molecule is CCOC(=O)CCC(=O)NCCc1cccc(Cl)c1. The van der Waals surface area contributed by atoms with E-state index in [0.29, 0.717) is 24.6 Å². The molecule has 0 aliphatic carbocycles. The van der Waals surface area contributed by atoms with E-state index in [9.17, 15) is 9.59 Å². The van der Waals surface area contributed by atoms with E-state index >= 15 is 0 Å². The normalized spacial score (nSPS) is 10.0. The van der Waals surface area contributed by atoms with Crippen LogP contribution in [-0.4, -0.2) is 25.0 Å². The van der Waals surface area contributed by atoms with Gasteiger partial charge in [0.2, 0.25) is 5.91 Å². The average molecular weight is 284 g/mol. The van der Waals surface area contributed by atoms with Crippen molar-refractivity contribution >= 4 is 23.5 Å². The summed E-state index contributed by atoms with van der Waals surface area (Å²) in [7, 11) is 0. The molecule has 0 spiro atoms. The molecule has 1 amide bonds. The number of halogens is 1. The summed E-state index contributed by atoms with van der Waals surface area (Å²) >= 11 is 5.86. The molecule has 4 nitrogen and oxygen atoms in total. The van der Waals surface area contributed by atoms with Crippen molar-refractivity contribution in [2.24, 2.45) is 0 Å². The lowest BCUT2D eigenvalue weighted by Crippen LogP contribution is -2.26. The van der Waals surface area contributed by atoms with E-state index in [1.165, 1.54) is 0 Å². The molecule has 0 aliphatic heterocycles. The zero-order valence-electron chi connectivity index (χ0n) is 10.9. The van der Waals surface area contributed by atoms with Gasteiger partial charge in [-0.05, 0) is 31.0 Å². The van der Waals surface area contributed by atoms with Crippen LogP contribution in [0.2, 0.25) is 5.02 Å². The van der Waals surface area contributed by atoms with E-state index in [2.05, 4.69) is 5.32 Å². The third kappa shape index (κ3) is 6.82. The highest BCUT2D eigenvalue weighted by Gasteiger charge is 2.06. The molecule has 0 aliphatic rings. The lowest BCUT2D eigenvalue weighted by molar-refractivity contribution is -0.144. The number of carbonyl (C=O) groups is 2. The lowest BCUT2D eigenvalue weighted by atomic mass is 10.1. The van der Waals surface area contributed by atoms with E-state index in [1.807, 2.05) is 24.3 Å². The first-order valence-electron chi connectivity index (χ1n) is 6.28. The van der Waals surface area contributed by atoms with Crippen LogP contribution in [0.25, 0.3) is 0 Å². The van der Waals surface area contributed by atoms with Crippen molar-refractivity contribution < 1.29 is 14.3 Å². The van der Waals surface area contributed by atoms with Crippen LogP contribution in [0.5, 0.6) is 0 Å². The first-order chi connectivity index (χ1) is 9.11. The van der Waals surface area contributed by atoms with Crippen molar-refractivity contribution in [1.82, 2.24) is 5.32 Å². The van der Waals surface area contributed by atoms with Gasteiger partial charge in [-0.2, -0.15) is 0 Å². The molecule has 0 bridgehead atoms. The summed E-state index contributed by atoms with van der Waals surface area (Å²) in [5.74, 6) is -0.484. The maximum Gasteiger partial charge on any atom is 0.306 e. The number of hydrogen-bond donors (Lipinski definition) is 1. The fourth-order valence-corrected chi connectivity index (χ4v) is 1.79. The minimum Gasteiger partial charge on any atom is -0.466 e. The van der Waals surface area contributed by atoms with E-state index in [4.69, 9.17) is 16.3 Å². The van der Waals surface area contributed by atoms with Crippen LogP contribution in [0.1, 0.15) is 25.3 Å². The van der Waals surface area contributed by atoms with Gasteiger partial charge < -0.3 is 10.1 Å². The largest absolute Gasteiger partial charge is 0.466 e. The Morgan fingerprint density at radius 1 is 1.32 bits per heavy atom. The molecule has 0 radical (unpaired) electrons. The van der Waals surface area contributed by atoms with Gasteiger partial charge in [0.05, 0.1) is 13.0 Å². The molecule has 104 valence electrons. The van der Waals surface area contributed by atoms with Crippen molar-refractivity contribution in [3.05, 3.63) is 34.9 Å². The molecule has 0 saturated heterocycles. The number of rotatable bonds is 7. The third-order valence-electron chi connectivity index (χ3n) is 2.49. The van der Waals surface area contributed by atoms with E-state index in [-0.39, 0.29) is 24.7 Å². The Balaban J connectivity index is 2.18. The molecular weight excluding hydrogens is 266 g/mol. The number of ether oxygens (including phenoxy) is 1. The number of hydrogen-bond acceptors (Lipinski definition) is 3. The zero-order valence-corrected chi connectivity index (χ0v) is 11.7. The van der Waals surface area contributed by atoms with Crippen LogP contribution in [0.4, 0.5) is 0 Å². The van der Waals surface area contributed by atoms with Crippen molar-refractivity contribution in [1.29, 1.82) is 0 Å². The van der Waals surface area contributed by atoms with Gasteiger partial charge in [-0.3, -0.25) is 9.59 Å². The monoisotopic (exact) mass is 283 g/mol. The Morgan fingerprint density at radius 2 is 2.11 bits per heavy atom. The maximum absolute atomic E-state index is 11.5. The molecule has 0 fully saturated rings. The molecule has 5 heteroatoms. The molecule has 1 aromatic rings. The quantitative estimate of drug-likeness (QED) is 0.782. The van der Waals surface area contributed by atoms with Crippen molar-refractivity contribution in [3.8, 4) is 0 Å². The summed E-state index contributed by atoms with van der Waals surface area (Å²) in [6.45, 7) is 2.61. The first-order valence-corrected chi connectivity index (χ1v) is 6.66.